The molecule has 9 N–H and O–H groups in total. The average Bonchev–Trinajstić information content (AvgIpc) is 3.69. The highest BCUT2D eigenvalue weighted by molar-refractivity contribution is 4.81. The summed E-state index contributed by atoms with van der Waals surface area (Å²) in [6, 6.07) is 0. The summed E-state index contributed by atoms with van der Waals surface area (Å²) in [6.45, 7) is 33.8. The van der Waals surface area contributed by atoms with Crippen LogP contribution in [-0.2, 0) is 0 Å². The first-order valence-corrected chi connectivity index (χ1v) is 43.0. The molecule has 15 atom stereocenters. The highest BCUT2D eigenvalue weighted by Gasteiger charge is 2.30. The van der Waals surface area contributed by atoms with E-state index in [0.29, 0.717) is 29.6 Å². The lowest BCUT2D eigenvalue weighted by Gasteiger charge is -2.31. The zero-order valence-electron chi connectivity index (χ0n) is 66.8. The summed E-state index contributed by atoms with van der Waals surface area (Å²) in [5.41, 5.74) is 0. The number of aliphatic hydroxyl groups excluding tert-OH is 9. The van der Waals surface area contributed by atoms with E-state index < -0.39 is 0 Å². The normalized spacial score (nSPS) is 34.0. The lowest BCUT2D eigenvalue weighted by molar-refractivity contribution is 0.0402. The summed E-state index contributed by atoms with van der Waals surface area (Å²) >= 11 is 0. The Kier molecular flexibility index (Phi) is 56.6. The summed E-state index contributed by atoms with van der Waals surface area (Å²) < 4.78 is 0. The van der Waals surface area contributed by atoms with E-state index in [1.165, 1.54) is 212 Å². The van der Waals surface area contributed by atoms with E-state index in [9.17, 15) is 46.0 Å². The molecule has 576 valence electrons. The molecular weight excluding hydrogens is 1190 g/mol. The highest BCUT2D eigenvalue weighted by atomic mass is 16.3. The second-order valence-electron chi connectivity index (χ2n) is 34.6. The van der Waals surface area contributed by atoms with Gasteiger partial charge in [-0.2, -0.15) is 0 Å². The number of hydrogen-bond donors (Lipinski definition) is 9. The topological polar surface area (TPSA) is 182 Å². The summed E-state index contributed by atoms with van der Waals surface area (Å²) in [5, 5.41) is 84.7. The summed E-state index contributed by atoms with van der Waals surface area (Å²) in [6.07, 6.45) is 58.0. The van der Waals surface area contributed by atoms with Crippen molar-refractivity contribution in [1.29, 1.82) is 0 Å². The van der Waals surface area contributed by atoms with E-state index in [1.54, 1.807) is 0 Å². The number of rotatable bonds is 18. The molecule has 9 aliphatic carbocycles. The van der Waals surface area contributed by atoms with Gasteiger partial charge >= 0.3 is 0 Å². The standard InChI is InChI=1S/6C10H20O.3C9H18O/c1-3-8(2)9-4-6-10(11)7-5-9;1-3-8(2)9-5-4-6-10(11)7-9;1-3-8(2)9-6-4-5-7-10(9)11;1-2-3-6-9-7-4-5-8-10(9)11;1-2-3-5-9-6-4-7-10(11)8-9;1-2-3-4-9-5-7-10(11)8-6-9;1-7(2)8-3-5-9(10)6-4-8;1-7(2)8-4-3-5-9(10)6-8;1-7(2)8-5-3-4-6-9(8)10/h3*8-11H,3-7H2,1-2H3;3*9-11H,2-8H2,1H3;3*7-10H,3-6H2,1-2H3. The van der Waals surface area contributed by atoms with Crippen LogP contribution in [0.15, 0.2) is 0 Å². The molecule has 9 saturated carbocycles. The van der Waals surface area contributed by atoms with Crippen molar-refractivity contribution in [3.8, 4) is 0 Å². The molecule has 0 spiro atoms. The van der Waals surface area contributed by atoms with Gasteiger partial charge in [0.05, 0.1) is 54.9 Å². The van der Waals surface area contributed by atoms with Crippen LogP contribution in [0.2, 0.25) is 0 Å². The molecule has 0 aromatic rings. The first-order chi connectivity index (χ1) is 45.8. The fourth-order valence-corrected chi connectivity index (χ4v) is 17.6. The lowest BCUT2D eigenvalue weighted by Crippen LogP contribution is -2.29. The Morgan fingerprint density at radius 3 is 1.01 bits per heavy atom. The second-order valence-corrected chi connectivity index (χ2v) is 34.6. The Morgan fingerprint density at radius 2 is 0.615 bits per heavy atom. The molecule has 0 radical (unpaired) electrons. The van der Waals surface area contributed by atoms with Crippen LogP contribution in [0.25, 0.3) is 0 Å². The Morgan fingerprint density at radius 1 is 0.250 bits per heavy atom. The Labute approximate surface area is 598 Å². The van der Waals surface area contributed by atoms with E-state index in [1.807, 2.05) is 0 Å². The Bertz CT molecular complexity index is 1660. The Hall–Kier alpha value is -0.360. The number of unbranched alkanes of at least 4 members (excludes halogenated alkanes) is 3. The van der Waals surface area contributed by atoms with Crippen molar-refractivity contribution in [3.05, 3.63) is 0 Å². The SMILES string of the molecule is CC(C)C1CCC(O)CC1.CC(C)C1CCCC(O)C1.CC(C)C1CCCCC1O.CCC(C)C1CCC(O)CC1.CCC(C)C1CCCC(O)C1.CCC(C)C1CCCCC1O.CCCCC1CCC(O)CC1.CCCCC1CCCC(O)C1.CCCCC1CCCCC1O. The smallest absolute Gasteiger partial charge is 0.0570 e. The van der Waals surface area contributed by atoms with Crippen LogP contribution < -0.4 is 0 Å². The largest absolute Gasteiger partial charge is 0.393 e. The van der Waals surface area contributed by atoms with Crippen LogP contribution in [0.3, 0.4) is 0 Å². The van der Waals surface area contributed by atoms with Gasteiger partial charge < -0.3 is 46.0 Å². The van der Waals surface area contributed by atoms with Crippen molar-refractivity contribution in [1.82, 2.24) is 0 Å². The minimum Gasteiger partial charge on any atom is -0.393 e. The summed E-state index contributed by atoms with van der Waals surface area (Å²) in [5.74, 6) is 11.5. The Balaban J connectivity index is 0.000000540. The minimum atomic E-state index is -0.00579. The van der Waals surface area contributed by atoms with Crippen molar-refractivity contribution in [2.24, 2.45) is 88.8 Å². The first-order valence-electron chi connectivity index (χ1n) is 43.0. The van der Waals surface area contributed by atoms with Crippen LogP contribution in [0.4, 0.5) is 0 Å². The zero-order valence-corrected chi connectivity index (χ0v) is 66.8. The maximum absolute atomic E-state index is 9.67. The maximum atomic E-state index is 9.67. The van der Waals surface area contributed by atoms with Crippen molar-refractivity contribution in [2.75, 3.05) is 0 Å². The van der Waals surface area contributed by atoms with Gasteiger partial charge in [0, 0.05) is 0 Å². The number of aliphatic hydroxyl groups is 9. The molecule has 0 bridgehead atoms. The molecule has 9 fully saturated rings. The van der Waals surface area contributed by atoms with Gasteiger partial charge in [0.15, 0.2) is 0 Å². The molecule has 0 amide bonds. The van der Waals surface area contributed by atoms with E-state index in [0.717, 1.165) is 155 Å². The van der Waals surface area contributed by atoms with Gasteiger partial charge in [-0.25, -0.2) is 0 Å². The molecule has 9 nitrogen and oxygen atoms in total. The molecule has 9 heteroatoms. The molecule has 96 heavy (non-hydrogen) atoms. The summed E-state index contributed by atoms with van der Waals surface area (Å²) in [4.78, 5) is 0. The first kappa shape index (κ1) is 93.7. The molecule has 0 aromatic heterocycles. The van der Waals surface area contributed by atoms with E-state index >= 15 is 0 Å². The third kappa shape index (κ3) is 44.3. The second kappa shape index (κ2) is 58.0. The van der Waals surface area contributed by atoms with Crippen LogP contribution >= 0.6 is 0 Å². The van der Waals surface area contributed by atoms with Gasteiger partial charge in [0.1, 0.15) is 0 Å². The van der Waals surface area contributed by atoms with Gasteiger partial charge in [-0.05, 0) is 249 Å². The lowest BCUT2D eigenvalue weighted by atomic mass is 9.78. The van der Waals surface area contributed by atoms with Crippen molar-refractivity contribution >= 4 is 0 Å². The predicted molar refractivity (Wildman–Crippen MR) is 413 cm³/mol. The zero-order chi connectivity index (χ0) is 71.8. The van der Waals surface area contributed by atoms with Crippen molar-refractivity contribution in [2.45, 2.75) is 467 Å². The fourth-order valence-electron chi connectivity index (χ4n) is 17.6. The quantitative estimate of drug-likeness (QED) is 0.0645. The fraction of sp³-hybridized carbons (Fsp3) is 1.00. The molecular formula is C87H174O9. The highest BCUT2D eigenvalue weighted by Crippen LogP contribution is 2.37. The maximum Gasteiger partial charge on any atom is 0.0570 e. The van der Waals surface area contributed by atoms with Crippen molar-refractivity contribution < 1.29 is 46.0 Å². The van der Waals surface area contributed by atoms with Crippen LogP contribution in [0, 0.1) is 88.8 Å². The van der Waals surface area contributed by atoms with Gasteiger partial charge in [-0.3, -0.25) is 0 Å². The van der Waals surface area contributed by atoms with Gasteiger partial charge in [0.25, 0.3) is 0 Å². The minimum absolute atomic E-state index is 0.00106. The van der Waals surface area contributed by atoms with Gasteiger partial charge in [-0.1, -0.05) is 252 Å². The number of hydrogen-bond acceptors (Lipinski definition) is 9. The third-order valence-corrected chi connectivity index (χ3v) is 25.7. The average molecular weight is 1360 g/mol. The predicted octanol–water partition coefficient (Wildman–Crippen LogP) is 22.5. The molecule has 15 unspecified atom stereocenters. The molecule has 0 aromatic carbocycles. The molecule has 0 aliphatic heterocycles. The third-order valence-electron chi connectivity index (χ3n) is 25.7. The summed E-state index contributed by atoms with van der Waals surface area (Å²) in [7, 11) is 0. The van der Waals surface area contributed by atoms with Crippen molar-refractivity contribution in [3.63, 3.8) is 0 Å². The van der Waals surface area contributed by atoms with E-state index in [-0.39, 0.29) is 54.9 Å². The van der Waals surface area contributed by atoms with Gasteiger partial charge in [0.2, 0.25) is 0 Å². The molecule has 9 rings (SSSR count). The monoisotopic (exact) mass is 1360 g/mol. The molecule has 0 saturated heterocycles. The van der Waals surface area contributed by atoms with Crippen LogP contribution in [0.1, 0.15) is 412 Å². The van der Waals surface area contributed by atoms with Crippen LogP contribution in [0.5, 0.6) is 0 Å². The van der Waals surface area contributed by atoms with Crippen LogP contribution in [-0.4, -0.2) is 101 Å². The van der Waals surface area contributed by atoms with E-state index in [4.69, 9.17) is 0 Å². The molecule has 9 aliphatic rings. The van der Waals surface area contributed by atoms with E-state index in [2.05, 4.69) is 104 Å². The van der Waals surface area contributed by atoms with Gasteiger partial charge in [-0.15, -0.1) is 0 Å². The molecule has 0 heterocycles.